The number of rotatable bonds is 8. The molecule has 0 atom stereocenters. The lowest BCUT2D eigenvalue weighted by atomic mass is 10.1. The first-order valence-electron chi connectivity index (χ1n) is 6.68. The van der Waals surface area contributed by atoms with Crippen LogP contribution >= 0.6 is 0 Å². The minimum absolute atomic E-state index is 0.0658. The van der Waals surface area contributed by atoms with Gasteiger partial charge in [-0.3, -0.25) is 0 Å². The summed E-state index contributed by atoms with van der Waals surface area (Å²) in [5.41, 5.74) is 0.536. The normalized spacial score (nSPS) is 11.8. The van der Waals surface area contributed by atoms with Crippen molar-refractivity contribution in [1.82, 2.24) is 4.72 Å². The summed E-state index contributed by atoms with van der Waals surface area (Å²) >= 11 is 0. The zero-order chi connectivity index (χ0) is 15.2. The topological polar surface area (TPSA) is 75.6 Å². The van der Waals surface area contributed by atoms with Crippen LogP contribution in [0.4, 0.5) is 0 Å². The van der Waals surface area contributed by atoms with Crippen molar-refractivity contribution < 1.29 is 18.3 Å². The van der Waals surface area contributed by atoms with E-state index in [9.17, 15) is 8.42 Å². The molecule has 1 aromatic rings. The summed E-state index contributed by atoms with van der Waals surface area (Å²) in [6, 6.07) is 4.62. The Hall–Kier alpha value is -1.11. The fourth-order valence-electron chi connectivity index (χ4n) is 1.82. The van der Waals surface area contributed by atoms with Gasteiger partial charge >= 0.3 is 0 Å². The van der Waals surface area contributed by atoms with E-state index in [0.29, 0.717) is 18.0 Å². The SMILES string of the molecule is COc1ccc(CO)cc1S(=O)(=O)NCCCC(C)C. The van der Waals surface area contributed by atoms with E-state index in [2.05, 4.69) is 18.6 Å². The highest BCUT2D eigenvalue weighted by Crippen LogP contribution is 2.24. The molecule has 0 fully saturated rings. The van der Waals surface area contributed by atoms with Crippen molar-refractivity contribution in [2.75, 3.05) is 13.7 Å². The van der Waals surface area contributed by atoms with Gasteiger partial charge < -0.3 is 9.84 Å². The van der Waals surface area contributed by atoms with Crippen LogP contribution in [0.1, 0.15) is 32.3 Å². The van der Waals surface area contributed by atoms with Crippen LogP contribution in [0.2, 0.25) is 0 Å². The predicted molar refractivity (Wildman–Crippen MR) is 78.2 cm³/mol. The number of benzene rings is 1. The molecule has 0 saturated carbocycles. The number of ether oxygens (including phenoxy) is 1. The quantitative estimate of drug-likeness (QED) is 0.719. The molecule has 0 aliphatic heterocycles. The predicted octanol–water partition coefficient (Wildman–Crippen LogP) is 1.90. The molecule has 0 spiro atoms. The highest BCUT2D eigenvalue weighted by molar-refractivity contribution is 7.89. The molecule has 0 bridgehead atoms. The van der Waals surface area contributed by atoms with Gasteiger partial charge in [-0.2, -0.15) is 0 Å². The van der Waals surface area contributed by atoms with Gasteiger partial charge in [-0.15, -0.1) is 0 Å². The molecule has 1 rings (SSSR count). The molecule has 0 aliphatic carbocycles. The van der Waals surface area contributed by atoms with Gasteiger partial charge in [0.15, 0.2) is 0 Å². The molecule has 0 unspecified atom stereocenters. The maximum Gasteiger partial charge on any atom is 0.244 e. The van der Waals surface area contributed by atoms with E-state index in [1.807, 2.05) is 0 Å². The lowest BCUT2D eigenvalue weighted by molar-refractivity contribution is 0.281. The zero-order valence-corrected chi connectivity index (χ0v) is 13.0. The Morgan fingerprint density at radius 2 is 2.05 bits per heavy atom. The van der Waals surface area contributed by atoms with E-state index in [-0.39, 0.29) is 17.3 Å². The number of hydrogen-bond acceptors (Lipinski definition) is 4. The number of nitrogens with one attached hydrogen (secondary N) is 1. The summed E-state index contributed by atoms with van der Waals surface area (Å²) in [5.74, 6) is 0.824. The van der Waals surface area contributed by atoms with Crippen LogP contribution in [-0.2, 0) is 16.6 Å². The van der Waals surface area contributed by atoms with Gasteiger partial charge in [0.25, 0.3) is 0 Å². The maximum absolute atomic E-state index is 12.3. The van der Waals surface area contributed by atoms with Crippen molar-refractivity contribution in [3.63, 3.8) is 0 Å². The van der Waals surface area contributed by atoms with Crippen molar-refractivity contribution >= 4 is 10.0 Å². The molecule has 0 saturated heterocycles. The summed E-state index contributed by atoms with van der Waals surface area (Å²) in [6.07, 6.45) is 1.76. The molecule has 5 nitrogen and oxygen atoms in total. The van der Waals surface area contributed by atoms with Crippen molar-refractivity contribution in [2.45, 2.75) is 38.2 Å². The summed E-state index contributed by atoms with van der Waals surface area (Å²) in [4.78, 5) is 0.0658. The Bertz CT molecular complexity index is 526. The average Bonchev–Trinajstić information content (AvgIpc) is 2.42. The van der Waals surface area contributed by atoms with Gasteiger partial charge in [-0.1, -0.05) is 19.9 Å². The number of hydrogen-bond donors (Lipinski definition) is 2. The molecule has 0 aromatic heterocycles. The average molecular weight is 301 g/mol. The lowest BCUT2D eigenvalue weighted by Crippen LogP contribution is -2.25. The van der Waals surface area contributed by atoms with Gasteiger partial charge in [0.1, 0.15) is 10.6 Å². The largest absolute Gasteiger partial charge is 0.495 e. The molecule has 20 heavy (non-hydrogen) atoms. The Labute approximate surface area is 121 Å². The third-order valence-electron chi connectivity index (χ3n) is 2.95. The summed E-state index contributed by atoms with van der Waals surface area (Å²) in [6.45, 7) is 4.39. The van der Waals surface area contributed by atoms with Gasteiger partial charge in [0, 0.05) is 6.54 Å². The van der Waals surface area contributed by atoms with Crippen LogP contribution in [0.15, 0.2) is 23.1 Å². The summed E-state index contributed by atoms with van der Waals surface area (Å²) < 4.78 is 32.1. The van der Waals surface area contributed by atoms with Crippen LogP contribution in [-0.4, -0.2) is 27.2 Å². The number of methoxy groups -OCH3 is 1. The molecule has 0 amide bonds. The Balaban J connectivity index is 2.85. The first-order chi connectivity index (χ1) is 9.40. The van der Waals surface area contributed by atoms with Crippen molar-refractivity contribution in [2.24, 2.45) is 5.92 Å². The second-order valence-corrected chi connectivity index (χ2v) is 6.81. The van der Waals surface area contributed by atoms with Gasteiger partial charge in [0.05, 0.1) is 13.7 Å². The van der Waals surface area contributed by atoms with Crippen LogP contribution < -0.4 is 9.46 Å². The van der Waals surface area contributed by atoms with Crippen LogP contribution in [0.3, 0.4) is 0 Å². The molecular weight excluding hydrogens is 278 g/mol. The second kappa shape index (κ2) is 7.61. The molecule has 0 heterocycles. The number of aliphatic hydroxyl groups is 1. The van der Waals surface area contributed by atoms with E-state index in [4.69, 9.17) is 9.84 Å². The molecule has 114 valence electrons. The van der Waals surface area contributed by atoms with E-state index >= 15 is 0 Å². The fourth-order valence-corrected chi connectivity index (χ4v) is 3.12. The van der Waals surface area contributed by atoms with Crippen LogP contribution in [0.5, 0.6) is 5.75 Å². The lowest BCUT2D eigenvalue weighted by Gasteiger charge is -2.12. The molecule has 0 radical (unpaired) electrons. The summed E-state index contributed by atoms with van der Waals surface area (Å²) in [7, 11) is -2.20. The van der Waals surface area contributed by atoms with E-state index in [0.717, 1.165) is 12.8 Å². The first kappa shape index (κ1) is 16.9. The first-order valence-corrected chi connectivity index (χ1v) is 8.16. The van der Waals surface area contributed by atoms with Gasteiger partial charge in [-0.25, -0.2) is 13.1 Å². The van der Waals surface area contributed by atoms with Gasteiger partial charge in [-0.05, 0) is 36.5 Å². The Morgan fingerprint density at radius 1 is 1.35 bits per heavy atom. The molecule has 2 N–H and O–H groups in total. The second-order valence-electron chi connectivity index (χ2n) is 5.08. The zero-order valence-electron chi connectivity index (χ0n) is 12.2. The molecule has 6 heteroatoms. The minimum atomic E-state index is -3.62. The third-order valence-corrected chi connectivity index (χ3v) is 4.43. The van der Waals surface area contributed by atoms with E-state index in [1.165, 1.54) is 13.2 Å². The maximum atomic E-state index is 12.3. The van der Waals surface area contributed by atoms with Crippen molar-refractivity contribution in [3.05, 3.63) is 23.8 Å². The smallest absolute Gasteiger partial charge is 0.244 e. The minimum Gasteiger partial charge on any atom is -0.495 e. The molecular formula is C14H23NO4S. The van der Waals surface area contributed by atoms with Crippen molar-refractivity contribution in [1.29, 1.82) is 0 Å². The van der Waals surface area contributed by atoms with E-state index in [1.54, 1.807) is 12.1 Å². The van der Waals surface area contributed by atoms with E-state index < -0.39 is 10.0 Å². The third kappa shape index (κ3) is 4.77. The van der Waals surface area contributed by atoms with Crippen molar-refractivity contribution in [3.8, 4) is 5.75 Å². The highest BCUT2D eigenvalue weighted by atomic mass is 32.2. The monoisotopic (exact) mass is 301 g/mol. The molecule has 0 aliphatic rings. The Kier molecular flexibility index (Phi) is 6.45. The highest BCUT2D eigenvalue weighted by Gasteiger charge is 2.19. The summed E-state index contributed by atoms with van der Waals surface area (Å²) in [5, 5.41) is 9.11. The van der Waals surface area contributed by atoms with Gasteiger partial charge in [0.2, 0.25) is 10.0 Å². The standard InChI is InChI=1S/C14H23NO4S/c1-11(2)5-4-8-15-20(17,18)14-9-12(10-16)6-7-13(14)19-3/h6-7,9,11,15-16H,4-5,8,10H2,1-3H3. The van der Waals surface area contributed by atoms with Crippen LogP contribution in [0, 0.1) is 5.92 Å². The fraction of sp³-hybridized carbons (Fsp3) is 0.571. The number of sulfonamides is 1. The molecule has 1 aromatic carbocycles. The van der Waals surface area contributed by atoms with Crippen LogP contribution in [0.25, 0.3) is 0 Å². The number of aliphatic hydroxyl groups excluding tert-OH is 1. The Morgan fingerprint density at radius 3 is 2.60 bits per heavy atom.